The van der Waals surface area contributed by atoms with Gasteiger partial charge in [-0.15, -0.1) is 10.2 Å². The first-order valence-corrected chi connectivity index (χ1v) is 9.96. The predicted octanol–water partition coefficient (Wildman–Crippen LogP) is 2.91. The lowest BCUT2D eigenvalue weighted by atomic mass is 9.79. The largest absolute Gasteiger partial charge is 0.507 e. The van der Waals surface area contributed by atoms with Crippen molar-refractivity contribution >= 4 is 5.82 Å². The maximum absolute atomic E-state index is 13.2. The minimum atomic E-state index is -0.418. The van der Waals surface area contributed by atoms with Crippen molar-refractivity contribution in [1.82, 2.24) is 25.7 Å². The summed E-state index contributed by atoms with van der Waals surface area (Å²) >= 11 is 0. The van der Waals surface area contributed by atoms with Gasteiger partial charge in [0.05, 0.1) is 11.9 Å². The molecule has 0 amide bonds. The molecular weight excluding hydrogens is 371 g/mol. The third-order valence-electron chi connectivity index (χ3n) is 5.97. The zero-order valence-corrected chi connectivity index (χ0v) is 15.9. The molecule has 2 aromatic heterocycles. The van der Waals surface area contributed by atoms with E-state index in [1.807, 2.05) is 29.2 Å². The zero-order chi connectivity index (χ0) is 19.8. The summed E-state index contributed by atoms with van der Waals surface area (Å²) in [5.74, 6) is 0.817. The fourth-order valence-corrected chi connectivity index (χ4v) is 4.52. The normalized spacial score (nSPS) is 22.9. The SMILES string of the molecule is Oc1cc(-c2cn[nH]c2)ccc1-c1ccc(N(CCF)C2CC3CC(C2)N3)nn1. The van der Waals surface area contributed by atoms with E-state index in [-0.39, 0.29) is 5.75 Å². The molecule has 2 unspecified atom stereocenters. The van der Waals surface area contributed by atoms with Gasteiger partial charge in [-0.25, -0.2) is 4.39 Å². The summed E-state index contributed by atoms with van der Waals surface area (Å²) in [6.45, 7) is -0.0955. The van der Waals surface area contributed by atoms with Gasteiger partial charge in [0, 0.05) is 42.0 Å². The van der Waals surface area contributed by atoms with Crippen LogP contribution in [0.4, 0.5) is 10.2 Å². The second kappa shape index (κ2) is 7.44. The average Bonchev–Trinajstić information content (AvgIpc) is 3.27. The van der Waals surface area contributed by atoms with Crippen molar-refractivity contribution in [3.63, 3.8) is 0 Å². The Morgan fingerprint density at radius 2 is 1.90 bits per heavy atom. The second-order valence-electron chi connectivity index (χ2n) is 7.80. The lowest BCUT2D eigenvalue weighted by Gasteiger charge is -2.49. The Hall–Kier alpha value is -3.00. The summed E-state index contributed by atoms with van der Waals surface area (Å²) < 4.78 is 13.2. The highest BCUT2D eigenvalue weighted by atomic mass is 19.1. The van der Waals surface area contributed by atoms with Gasteiger partial charge in [0.2, 0.25) is 0 Å². The first-order chi connectivity index (χ1) is 14.2. The number of hydrogen-bond donors (Lipinski definition) is 3. The van der Waals surface area contributed by atoms with Crippen molar-refractivity contribution in [3.05, 3.63) is 42.7 Å². The van der Waals surface area contributed by atoms with Crippen LogP contribution in [0.2, 0.25) is 0 Å². The quantitative estimate of drug-likeness (QED) is 0.596. The van der Waals surface area contributed by atoms with Crippen LogP contribution in [0.5, 0.6) is 5.75 Å². The van der Waals surface area contributed by atoms with E-state index in [1.165, 1.54) is 6.42 Å². The summed E-state index contributed by atoms with van der Waals surface area (Å²) in [5, 5.41) is 29.4. The van der Waals surface area contributed by atoms with Crippen molar-refractivity contribution in [1.29, 1.82) is 0 Å². The molecular formula is C21H23FN6O. The number of phenols is 1. The molecule has 3 aromatic rings. The number of nitrogens with zero attached hydrogens (tertiary/aromatic N) is 4. The number of halogens is 1. The third-order valence-corrected chi connectivity index (χ3v) is 5.97. The van der Waals surface area contributed by atoms with Crippen LogP contribution in [0.15, 0.2) is 42.7 Å². The molecule has 3 fully saturated rings. The fourth-order valence-electron chi connectivity index (χ4n) is 4.52. The van der Waals surface area contributed by atoms with Gasteiger partial charge in [-0.3, -0.25) is 5.10 Å². The number of hydrogen-bond acceptors (Lipinski definition) is 6. The van der Waals surface area contributed by atoms with Gasteiger partial charge < -0.3 is 15.3 Å². The Labute approximate surface area is 168 Å². The van der Waals surface area contributed by atoms with Crippen LogP contribution in [-0.2, 0) is 0 Å². The Balaban J connectivity index is 1.37. The molecule has 1 saturated carbocycles. The number of aromatic amines is 1. The summed E-state index contributed by atoms with van der Waals surface area (Å²) in [6.07, 6.45) is 6.71. The van der Waals surface area contributed by atoms with Gasteiger partial charge >= 0.3 is 0 Å². The topological polar surface area (TPSA) is 90.0 Å². The predicted molar refractivity (Wildman–Crippen MR) is 108 cm³/mol. The molecule has 7 nitrogen and oxygen atoms in total. The fraction of sp³-hybridized carbons (Fsp3) is 0.381. The van der Waals surface area contributed by atoms with Crippen LogP contribution in [0.25, 0.3) is 22.4 Å². The smallest absolute Gasteiger partial charge is 0.151 e. The van der Waals surface area contributed by atoms with Gasteiger partial charge in [0.15, 0.2) is 5.82 Å². The molecule has 2 atom stereocenters. The van der Waals surface area contributed by atoms with Crippen LogP contribution in [-0.4, -0.2) is 56.8 Å². The number of H-pyrrole nitrogens is 1. The van der Waals surface area contributed by atoms with Crippen LogP contribution in [0, 0.1) is 0 Å². The minimum Gasteiger partial charge on any atom is -0.507 e. The van der Waals surface area contributed by atoms with Gasteiger partial charge in [-0.1, -0.05) is 6.07 Å². The molecule has 1 aliphatic carbocycles. The highest BCUT2D eigenvalue weighted by Crippen LogP contribution is 2.35. The van der Waals surface area contributed by atoms with Crippen LogP contribution in [0.3, 0.4) is 0 Å². The van der Waals surface area contributed by atoms with Crippen molar-refractivity contribution in [2.45, 2.75) is 37.4 Å². The van der Waals surface area contributed by atoms with Crippen molar-refractivity contribution in [2.75, 3.05) is 18.1 Å². The monoisotopic (exact) mass is 394 g/mol. The number of anilines is 1. The number of alkyl halides is 1. The van der Waals surface area contributed by atoms with Crippen LogP contribution >= 0.6 is 0 Å². The van der Waals surface area contributed by atoms with Gasteiger partial charge in [-0.05, 0) is 49.1 Å². The molecule has 150 valence electrons. The number of phenolic OH excluding ortho intramolecular Hbond substituents is 1. The first kappa shape index (κ1) is 18.1. The van der Waals surface area contributed by atoms with E-state index < -0.39 is 6.67 Å². The molecule has 1 aromatic carbocycles. The summed E-state index contributed by atoms with van der Waals surface area (Å²) in [7, 11) is 0. The van der Waals surface area contributed by atoms with E-state index in [9.17, 15) is 9.50 Å². The molecule has 2 saturated heterocycles. The van der Waals surface area contributed by atoms with E-state index in [0.29, 0.717) is 41.7 Å². The molecule has 2 bridgehead atoms. The molecule has 3 aliphatic rings. The van der Waals surface area contributed by atoms with Crippen molar-refractivity contribution in [2.24, 2.45) is 0 Å². The lowest BCUT2D eigenvalue weighted by molar-refractivity contribution is 0.157. The Morgan fingerprint density at radius 1 is 1.07 bits per heavy atom. The number of piperidine rings is 1. The van der Waals surface area contributed by atoms with Gasteiger partial charge in [-0.2, -0.15) is 5.10 Å². The summed E-state index contributed by atoms with van der Waals surface area (Å²) in [6, 6.07) is 10.5. The number of aromatic nitrogens is 4. The maximum Gasteiger partial charge on any atom is 0.151 e. The summed E-state index contributed by atoms with van der Waals surface area (Å²) in [5.41, 5.74) is 2.95. The zero-order valence-electron chi connectivity index (χ0n) is 15.9. The Morgan fingerprint density at radius 3 is 2.52 bits per heavy atom. The molecule has 3 N–H and O–H groups in total. The average molecular weight is 394 g/mol. The van der Waals surface area contributed by atoms with E-state index in [4.69, 9.17) is 0 Å². The molecule has 0 radical (unpaired) electrons. The molecule has 2 aliphatic heterocycles. The Kier molecular flexibility index (Phi) is 4.63. The van der Waals surface area contributed by atoms with E-state index in [1.54, 1.807) is 18.5 Å². The molecule has 8 heteroatoms. The standard InChI is InChI=1S/C21H23FN6O/c22-5-6-28(17-9-15-8-16(10-17)25-15)21-4-3-19(26-27-21)18-2-1-13(7-20(18)29)14-11-23-24-12-14/h1-4,7,11-12,15-17,25,29H,5-6,8-10H2,(H,23,24). The Bertz CT molecular complexity index is 961. The van der Waals surface area contributed by atoms with Crippen LogP contribution < -0.4 is 10.2 Å². The first-order valence-electron chi connectivity index (χ1n) is 9.96. The number of rotatable bonds is 6. The number of nitrogens with one attached hydrogen (secondary N) is 2. The number of fused-ring (bicyclic) bond motifs is 2. The van der Waals surface area contributed by atoms with Crippen LogP contribution in [0.1, 0.15) is 19.3 Å². The maximum atomic E-state index is 13.2. The highest BCUT2D eigenvalue weighted by Gasteiger charge is 2.40. The van der Waals surface area contributed by atoms with E-state index in [0.717, 1.165) is 24.0 Å². The molecule has 29 heavy (non-hydrogen) atoms. The summed E-state index contributed by atoms with van der Waals surface area (Å²) in [4.78, 5) is 2.04. The lowest BCUT2D eigenvalue weighted by Crippen LogP contribution is -2.62. The van der Waals surface area contributed by atoms with Crippen molar-refractivity contribution < 1.29 is 9.50 Å². The second-order valence-corrected chi connectivity index (χ2v) is 7.80. The van der Waals surface area contributed by atoms with E-state index >= 15 is 0 Å². The highest BCUT2D eigenvalue weighted by molar-refractivity contribution is 5.73. The number of benzene rings is 1. The third kappa shape index (κ3) is 3.44. The van der Waals surface area contributed by atoms with Crippen molar-refractivity contribution in [3.8, 4) is 28.1 Å². The van der Waals surface area contributed by atoms with E-state index in [2.05, 4.69) is 25.7 Å². The van der Waals surface area contributed by atoms with Gasteiger partial charge in [0.1, 0.15) is 12.4 Å². The molecule has 4 heterocycles. The molecule has 0 spiro atoms. The number of aromatic hydroxyl groups is 1. The van der Waals surface area contributed by atoms with Gasteiger partial charge in [0.25, 0.3) is 0 Å². The minimum absolute atomic E-state index is 0.129. The molecule has 6 rings (SSSR count).